The lowest BCUT2D eigenvalue weighted by molar-refractivity contribution is 0.389. The van der Waals surface area contributed by atoms with Crippen LogP contribution in [0.2, 0.25) is 0 Å². The molecule has 0 saturated carbocycles. The van der Waals surface area contributed by atoms with Crippen LogP contribution in [0.3, 0.4) is 0 Å². The van der Waals surface area contributed by atoms with Crippen LogP contribution < -0.4 is 5.56 Å². The summed E-state index contributed by atoms with van der Waals surface area (Å²) in [6.45, 7) is 0. The molecule has 0 saturated heterocycles. The predicted molar refractivity (Wildman–Crippen MR) is 36.3 cm³/mol. The van der Waals surface area contributed by atoms with Crippen molar-refractivity contribution in [3.63, 3.8) is 0 Å². The first-order valence-electron chi connectivity index (χ1n) is 2.75. The summed E-state index contributed by atoms with van der Waals surface area (Å²) in [5.74, 6) is 0. The summed E-state index contributed by atoms with van der Waals surface area (Å²) >= 11 is 0. The van der Waals surface area contributed by atoms with E-state index in [1.54, 1.807) is 6.07 Å². The predicted octanol–water partition coefficient (Wildman–Crippen LogP) is -1.33. The molecule has 0 spiro atoms. The zero-order valence-corrected chi connectivity index (χ0v) is 5.14. The molecule has 2 N–H and O–H groups in total. The summed E-state index contributed by atoms with van der Waals surface area (Å²) in [7, 11) is -1.74. The molecule has 0 amide bonds. The first-order valence-corrected chi connectivity index (χ1v) is 2.75. The SMILES string of the molecule is O=c1ccccn1B(O)O. The maximum Gasteiger partial charge on any atom is 0.594 e. The fourth-order valence-electron chi connectivity index (χ4n) is 0.631. The number of pyridine rings is 1. The minimum atomic E-state index is -1.74. The average molecular weight is 139 g/mol. The Morgan fingerprint density at radius 1 is 1.40 bits per heavy atom. The highest BCUT2D eigenvalue weighted by Crippen LogP contribution is 1.79. The van der Waals surface area contributed by atoms with Crippen LogP contribution in [-0.4, -0.2) is 21.8 Å². The molecule has 1 aromatic heterocycles. The fraction of sp³-hybridized carbons (Fsp3) is 0. The van der Waals surface area contributed by atoms with Gasteiger partial charge in [-0.2, -0.15) is 0 Å². The largest absolute Gasteiger partial charge is 0.594 e. The zero-order chi connectivity index (χ0) is 7.56. The van der Waals surface area contributed by atoms with E-state index in [9.17, 15) is 4.79 Å². The first kappa shape index (κ1) is 7.05. The van der Waals surface area contributed by atoms with Crippen LogP contribution >= 0.6 is 0 Å². The van der Waals surface area contributed by atoms with Crippen LogP contribution in [0.1, 0.15) is 0 Å². The van der Waals surface area contributed by atoms with E-state index in [0.29, 0.717) is 0 Å². The molecular formula is C5H6BNO3. The monoisotopic (exact) mass is 139 g/mol. The van der Waals surface area contributed by atoms with Crippen LogP contribution in [0.15, 0.2) is 29.2 Å². The van der Waals surface area contributed by atoms with Crippen LogP contribution in [0.4, 0.5) is 0 Å². The number of rotatable bonds is 1. The molecule has 0 aliphatic carbocycles. The Morgan fingerprint density at radius 2 is 2.10 bits per heavy atom. The quantitative estimate of drug-likeness (QED) is 0.473. The zero-order valence-electron chi connectivity index (χ0n) is 5.14. The van der Waals surface area contributed by atoms with Gasteiger partial charge in [0.05, 0.1) is 0 Å². The van der Waals surface area contributed by atoms with Gasteiger partial charge >= 0.3 is 7.25 Å². The van der Waals surface area contributed by atoms with Crippen molar-refractivity contribution in [2.75, 3.05) is 0 Å². The van der Waals surface area contributed by atoms with E-state index in [4.69, 9.17) is 10.0 Å². The molecule has 1 rings (SSSR count). The van der Waals surface area contributed by atoms with E-state index in [1.807, 2.05) is 0 Å². The molecule has 0 radical (unpaired) electrons. The van der Waals surface area contributed by atoms with Gasteiger partial charge in [0.2, 0.25) is 5.56 Å². The Balaban J connectivity index is 3.16. The van der Waals surface area contributed by atoms with Gasteiger partial charge in [-0.05, 0) is 12.3 Å². The Kier molecular flexibility index (Phi) is 1.89. The van der Waals surface area contributed by atoms with Gasteiger partial charge in [0, 0.05) is 6.07 Å². The van der Waals surface area contributed by atoms with E-state index in [0.717, 1.165) is 4.48 Å². The van der Waals surface area contributed by atoms with Crippen molar-refractivity contribution in [1.29, 1.82) is 0 Å². The molecule has 1 heterocycles. The first-order chi connectivity index (χ1) is 4.72. The van der Waals surface area contributed by atoms with Gasteiger partial charge < -0.3 is 14.5 Å². The lowest BCUT2D eigenvalue weighted by Crippen LogP contribution is -2.33. The molecule has 0 unspecified atom stereocenters. The van der Waals surface area contributed by atoms with Crippen LogP contribution in [0, 0.1) is 0 Å². The molecule has 10 heavy (non-hydrogen) atoms. The lowest BCUT2D eigenvalue weighted by Gasteiger charge is -1.99. The molecular weight excluding hydrogens is 133 g/mol. The summed E-state index contributed by atoms with van der Waals surface area (Å²) in [6.07, 6.45) is 1.30. The maximum atomic E-state index is 10.7. The minimum absolute atomic E-state index is 0.433. The number of hydrogen-bond acceptors (Lipinski definition) is 3. The van der Waals surface area contributed by atoms with Gasteiger partial charge in [0.1, 0.15) is 0 Å². The molecule has 52 valence electrons. The van der Waals surface area contributed by atoms with Gasteiger partial charge in [0.15, 0.2) is 0 Å². The highest BCUT2D eigenvalue weighted by molar-refractivity contribution is 6.38. The lowest BCUT2D eigenvalue weighted by atomic mass is 10.1. The summed E-state index contributed by atoms with van der Waals surface area (Å²) in [4.78, 5) is 10.7. The van der Waals surface area contributed by atoms with E-state index in [1.165, 1.54) is 18.3 Å². The van der Waals surface area contributed by atoms with Crippen LogP contribution in [0.5, 0.6) is 0 Å². The molecule has 0 atom stereocenters. The molecule has 0 aliphatic rings. The molecule has 1 aromatic rings. The highest BCUT2D eigenvalue weighted by Gasteiger charge is 2.10. The third kappa shape index (κ3) is 1.26. The highest BCUT2D eigenvalue weighted by atomic mass is 16.4. The second kappa shape index (κ2) is 2.68. The van der Waals surface area contributed by atoms with Crippen molar-refractivity contribution in [2.45, 2.75) is 0 Å². The average Bonchev–Trinajstić information content (AvgIpc) is 1.88. The van der Waals surface area contributed by atoms with Crippen LogP contribution in [0.25, 0.3) is 0 Å². The van der Waals surface area contributed by atoms with E-state index >= 15 is 0 Å². The third-order valence-corrected chi connectivity index (χ3v) is 1.10. The summed E-state index contributed by atoms with van der Waals surface area (Å²) in [5, 5.41) is 17.0. The summed E-state index contributed by atoms with van der Waals surface area (Å²) in [6, 6.07) is 4.32. The molecule has 0 aliphatic heterocycles. The Hall–Kier alpha value is -1.07. The van der Waals surface area contributed by atoms with Crippen molar-refractivity contribution in [2.24, 2.45) is 0 Å². The normalized spacial score (nSPS) is 9.40. The topological polar surface area (TPSA) is 62.5 Å². The summed E-state index contributed by atoms with van der Waals surface area (Å²) < 4.78 is 0.806. The smallest absolute Gasteiger partial charge is 0.407 e. The molecule has 0 fully saturated rings. The summed E-state index contributed by atoms with van der Waals surface area (Å²) in [5.41, 5.74) is -0.433. The van der Waals surface area contributed by atoms with Crippen LogP contribution in [-0.2, 0) is 0 Å². The minimum Gasteiger partial charge on any atom is -0.407 e. The fourth-order valence-corrected chi connectivity index (χ4v) is 0.631. The van der Waals surface area contributed by atoms with E-state index in [-0.39, 0.29) is 0 Å². The second-order valence-electron chi connectivity index (χ2n) is 1.79. The Morgan fingerprint density at radius 3 is 2.50 bits per heavy atom. The maximum absolute atomic E-state index is 10.7. The van der Waals surface area contributed by atoms with Gasteiger partial charge in [-0.15, -0.1) is 0 Å². The van der Waals surface area contributed by atoms with Crippen molar-refractivity contribution < 1.29 is 10.0 Å². The molecule has 4 nitrogen and oxygen atoms in total. The van der Waals surface area contributed by atoms with E-state index in [2.05, 4.69) is 0 Å². The van der Waals surface area contributed by atoms with Crippen molar-refractivity contribution in [3.8, 4) is 0 Å². The third-order valence-electron chi connectivity index (χ3n) is 1.10. The van der Waals surface area contributed by atoms with Gasteiger partial charge in [-0.25, -0.2) is 0 Å². The van der Waals surface area contributed by atoms with Gasteiger partial charge in [-0.1, -0.05) is 6.07 Å². The Labute approximate surface area is 57.5 Å². The number of hydrogen-bond donors (Lipinski definition) is 2. The number of nitrogens with zero attached hydrogens (tertiary/aromatic N) is 1. The van der Waals surface area contributed by atoms with Crippen molar-refractivity contribution in [3.05, 3.63) is 34.7 Å². The van der Waals surface area contributed by atoms with Crippen molar-refractivity contribution in [1.82, 2.24) is 4.48 Å². The van der Waals surface area contributed by atoms with E-state index < -0.39 is 12.8 Å². The Bertz CT molecular complexity index is 270. The molecule has 0 bridgehead atoms. The second-order valence-corrected chi connectivity index (χ2v) is 1.79. The molecule has 0 aromatic carbocycles. The number of aromatic nitrogens is 1. The van der Waals surface area contributed by atoms with Crippen molar-refractivity contribution >= 4 is 7.25 Å². The standard InChI is InChI=1S/C5H6BNO3/c8-5-3-1-2-4-7(5)6(9)10/h1-4,9-10H. The molecule has 5 heteroatoms. The van der Waals surface area contributed by atoms with Gasteiger partial charge in [-0.3, -0.25) is 4.79 Å². The van der Waals surface area contributed by atoms with Gasteiger partial charge in [0.25, 0.3) is 0 Å².